The Hall–Kier alpha value is -4.30. The maximum atomic E-state index is 13.3. The number of aryl methyl sites for hydroxylation is 1. The molecule has 7 nitrogen and oxygen atoms in total. The van der Waals surface area contributed by atoms with E-state index in [9.17, 15) is 13.2 Å². The normalized spacial score (nSPS) is 11.4. The molecule has 174 valence electrons. The smallest absolute Gasteiger partial charge is 0.233 e. The number of imidazole rings is 1. The molecule has 35 heavy (non-hydrogen) atoms. The van der Waals surface area contributed by atoms with Gasteiger partial charge in [0.25, 0.3) is 0 Å². The average molecular weight is 484 g/mol. The zero-order valence-corrected chi connectivity index (χ0v) is 19.4. The Morgan fingerprint density at radius 1 is 0.886 bits per heavy atom. The van der Waals surface area contributed by atoms with Gasteiger partial charge in [-0.2, -0.15) is 0 Å². The van der Waals surface area contributed by atoms with Gasteiger partial charge in [0, 0.05) is 31.2 Å². The van der Waals surface area contributed by atoms with E-state index >= 15 is 0 Å². The first-order valence-corrected chi connectivity index (χ1v) is 12.5. The molecule has 5 rings (SSSR count). The summed E-state index contributed by atoms with van der Waals surface area (Å²) in [5, 5.41) is 0. The second-order valence-corrected chi connectivity index (χ2v) is 9.83. The summed E-state index contributed by atoms with van der Waals surface area (Å²) in [4.78, 5) is 21.1. The lowest BCUT2D eigenvalue weighted by Gasteiger charge is -2.12. The second kappa shape index (κ2) is 9.52. The van der Waals surface area contributed by atoms with Gasteiger partial charge in [-0.3, -0.25) is 9.20 Å². The summed E-state index contributed by atoms with van der Waals surface area (Å²) in [6, 6.07) is 22.2. The van der Waals surface area contributed by atoms with Gasteiger partial charge < -0.3 is 4.74 Å². The van der Waals surface area contributed by atoms with Crippen LogP contribution in [-0.2, 0) is 16.3 Å². The lowest BCUT2D eigenvalue weighted by molar-refractivity contribution is 0.0982. The molecular formula is C27H21N3O4S. The van der Waals surface area contributed by atoms with Crippen LogP contribution >= 0.6 is 0 Å². The molecule has 0 atom stereocenters. The molecule has 2 heterocycles. The maximum Gasteiger partial charge on any atom is 0.233 e. The van der Waals surface area contributed by atoms with E-state index in [1.165, 1.54) is 12.3 Å². The largest absolute Gasteiger partial charge is 0.456 e. The molecule has 0 unspecified atom stereocenters. The number of nitrogens with zero attached hydrogens (tertiary/aromatic N) is 3. The minimum Gasteiger partial charge on any atom is -0.456 e. The highest BCUT2D eigenvalue weighted by atomic mass is 32.2. The van der Waals surface area contributed by atoms with E-state index in [1.807, 2.05) is 18.2 Å². The van der Waals surface area contributed by atoms with Crippen molar-refractivity contribution in [3.8, 4) is 11.5 Å². The van der Waals surface area contributed by atoms with Crippen molar-refractivity contribution in [2.75, 3.05) is 0 Å². The van der Waals surface area contributed by atoms with Gasteiger partial charge in [-0.25, -0.2) is 18.4 Å². The molecule has 5 aromatic rings. The second-order valence-electron chi connectivity index (χ2n) is 7.91. The summed E-state index contributed by atoms with van der Waals surface area (Å²) in [6.45, 7) is 0. The fraction of sp³-hybridized carbons (Fsp3) is 0.0741. The van der Waals surface area contributed by atoms with Gasteiger partial charge in [0.2, 0.25) is 15.6 Å². The highest BCUT2D eigenvalue weighted by molar-refractivity contribution is 7.91. The minimum atomic E-state index is -3.80. The van der Waals surface area contributed by atoms with Crippen LogP contribution in [0.5, 0.6) is 11.5 Å². The summed E-state index contributed by atoms with van der Waals surface area (Å²) < 4.78 is 34.2. The van der Waals surface area contributed by atoms with Crippen LogP contribution in [0.2, 0.25) is 0 Å². The van der Waals surface area contributed by atoms with E-state index in [4.69, 9.17) is 4.74 Å². The van der Waals surface area contributed by atoms with Crippen LogP contribution in [0.3, 0.4) is 0 Å². The highest BCUT2D eigenvalue weighted by Crippen LogP contribution is 2.32. The van der Waals surface area contributed by atoms with Gasteiger partial charge in [0.1, 0.15) is 16.4 Å². The number of para-hydroxylation sites is 2. The number of rotatable bonds is 8. The van der Waals surface area contributed by atoms with Crippen LogP contribution in [0.15, 0.2) is 113 Å². The van der Waals surface area contributed by atoms with Gasteiger partial charge in [-0.1, -0.05) is 42.5 Å². The van der Waals surface area contributed by atoms with Gasteiger partial charge in [0.05, 0.1) is 10.5 Å². The molecule has 0 aliphatic rings. The zero-order chi connectivity index (χ0) is 24.3. The van der Waals surface area contributed by atoms with Crippen molar-refractivity contribution in [1.82, 2.24) is 14.4 Å². The molecule has 2 aromatic heterocycles. The van der Waals surface area contributed by atoms with E-state index in [0.29, 0.717) is 23.5 Å². The van der Waals surface area contributed by atoms with Crippen LogP contribution in [0.25, 0.3) is 5.78 Å². The first-order valence-electron chi connectivity index (χ1n) is 11.0. The van der Waals surface area contributed by atoms with E-state index in [-0.39, 0.29) is 27.7 Å². The molecule has 3 aromatic carbocycles. The molecule has 0 N–H and O–H groups in total. The van der Waals surface area contributed by atoms with Crippen LogP contribution in [-0.4, -0.2) is 28.6 Å². The number of Topliss-reactive ketones (excluding diaryl/α,β-unsaturated/α-hetero) is 1. The van der Waals surface area contributed by atoms with Crippen LogP contribution in [0.1, 0.15) is 22.3 Å². The minimum absolute atomic E-state index is 0.0446. The number of carbonyl (C=O) groups excluding carboxylic acids is 1. The van der Waals surface area contributed by atoms with Crippen LogP contribution in [0.4, 0.5) is 0 Å². The first-order chi connectivity index (χ1) is 17.0. The number of benzene rings is 3. The highest BCUT2D eigenvalue weighted by Gasteiger charge is 2.22. The van der Waals surface area contributed by atoms with Crippen molar-refractivity contribution in [1.29, 1.82) is 0 Å². The Balaban J connectivity index is 1.30. The molecule has 0 aliphatic carbocycles. The first kappa shape index (κ1) is 22.5. The standard InChI is InChI=1S/C27H21N3O4S/c31-24(21-18-29-27-28-16-17-30(27)19-21)15-12-20-10-13-23(14-11-20)35(32,33)26-9-5-4-8-25(26)34-22-6-2-1-3-7-22/h1-11,13-14,16-19H,12,15H2. The summed E-state index contributed by atoms with van der Waals surface area (Å²) in [7, 11) is -3.80. The molecule has 0 amide bonds. The molecule has 0 radical (unpaired) electrons. The van der Waals surface area contributed by atoms with E-state index in [0.717, 1.165) is 5.56 Å². The van der Waals surface area contributed by atoms with Crippen LogP contribution < -0.4 is 4.74 Å². The van der Waals surface area contributed by atoms with Crippen molar-refractivity contribution in [2.24, 2.45) is 0 Å². The fourth-order valence-corrected chi connectivity index (χ4v) is 5.08. The third-order valence-electron chi connectivity index (χ3n) is 5.55. The topological polar surface area (TPSA) is 90.6 Å². The number of ether oxygens (including phenoxy) is 1. The van der Waals surface area contributed by atoms with Crippen molar-refractivity contribution < 1.29 is 17.9 Å². The van der Waals surface area contributed by atoms with E-state index < -0.39 is 9.84 Å². The predicted octanol–water partition coefficient (Wildman–Crippen LogP) is 5.17. The average Bonchev–Trinajstić information content (AvgIpc) is 3.36. The number of hydrogen-bond acceptors (Lipinski definition) is 6. The Labute approximate surface area is 202 Å². The Bertz CT molecular complexity index is 1590. The molecule has 0 bridgehead atoms. The lowest BCUT2D eigenvalue weighted by Crippen LogP contribution is -2.05. The quantitative estimate of drug-likeness (QED) is 0.283. The predicted molar refractivity (Wildman–Crippen MR) is 130 cm³/mol. The van der Waals surface area contributed by atoms with Crippen molar-refractivity contribution in [3.63, 3.8) is 0 Å². The fourth-order valence-electron chi connectivity index (χ4n) is 3.70. The maximum absolute atomic E-state index is 13.3. The Morgan fingerprint density at radius 2 is 1.63 bits per heavy atom. The molecule has 0 saturated carbocycles. The van der Waals surface area contributed by atoms with Crippen LogP contribution in [0, 0.1) is 0 Å². The number of aromatic nitrogens is 3. The summed E-state index contributed by atoms with van der Waals surface area (Å²) >= 11 is 0. The van der Waals surface area contributed by atoms with E-state index in [2.05, 4.69) is 9.97 Å². The number of hydrogen-bond donors (Lipinski definition) is 0. The third-order valence-corrected chi connectivity index (χ3v) is 7.36. The van der Waals surface area contributed by atoms with Gasteiger partial charge in [0.15, 0.2) is 5.78 Å². The van der Waals surface area contributed by atoms with Crippen molar-refractivity contribution in [3.05, 3.63) is 115 Å². The molecular weight excluding hydrogens is 462 g/mol. The van der Waals surface area contributed by atoms with E-state index in [1.54, 1.807) is 77.6 Å². The number of ketones is 1. The molecule has 8 heteroatoms. The summed E-state index contributed by atoms with van der Waals surface area (Å²) in [5.41, 5.74) is 1.37. The van der Waals surface area contributed by atoms with Gasteiger partial charge >= 0.3 is 0 Å². The molecule has 0 saturated heterocycles. The van der Waals surface area contributed by atoms with Crippen molar-refractivity contribution >= 4 is 21.4 Å². The summed E-state index contributed by atoms with van der Waals surface area (Å²) in [6.07, 6.45) is 7.36. The zero-order valence-electron chi connectivity index (χ0n) is 18.6. The monoisotopic (exact) mass is 483 g/mol. The number of sulfone groups is 1. The number of fused-ring (bicyclic) bond motifs is 1. The summed E-state index contributed by atoms with van der Waals surface area (Å²) in [5.74, 6) is 1.31. The number of carbonyl (C=O) groups is 1. The lowest BCUT2D eigenvalue weighted by atomic mass is 10.0. The van der Waals surface area contributed by atoms with Gasteiger partial charge in [-0.15, -0.1) is 0 Å². The Morgan fingerprint density at radius 3 is 2.43 bits per heavy atom. The molecule has 0 spiro atoms. The third kappa shape index (κ3) is 4.83. The van der Waals surface area contributed by atoms with Crippen molar-refractivity contribution in [2.45, 2.75) is 22.6 Å². The molecule has 0 aliphatic heterocycles. The SMILES string of the molecule is O=C(CCc1ccc(S(=O)(=O)c2ccccc2Oc2ccccc2)cc1)c1cnc2nccn2c1. The Kier molecular flexibility index (Phi) is 6.12. The molecule has 0 fully saturated rings. The van der Waals surface area contributed by atoms with Gasteiger partial charge in [-0.05, 0) is 48.4 Å².